The van der Waals surface area contributed by atoms with E-state index in [-0.39, 0.29) is 5.41 Å². The average Bonchev–Trinajstić information content (AvgIpc) is 2.87. The molecule has 1 saturated carbocycles. The van der Waals surface area contributed by atoms with Crippen molar-refractivity contribution >= 4 is 16.6 Å². The fourth-order valence-electron chi connectivity index (χ4n) is 3.50. The second kappa shape index (κ2) is 4.69. The number of nitrogens with one attached hydrogen (secondary N) is 1. The van der Waals surface area contributed by atoms with E-state index in [1.807, 2.05) is 0 Å². The zero-order valence-electron chi connectivity index (χ0n) is 11.2. The summed E-state index contributed by atoms with van der Waals surface area (Å²) in [6.07, 6.45) is 5.52. The van der Waals surface area contributed by atoms with Gasteiger partial charge in [0, 0.05) is 11.8 Å². The minimum atomic E-state index is 0.107. The maximum Gasteiger partial charge on any atom is 0.0914 e. The van der Waals surface area contributed by atoms with Crippen molar-refractivity contribution in [1.29, 1.82) is 5.41 Å². The number of nitrogens with two attached hydrogens (primary N) is 1. The lowest BCUT2D eigenvalue weighted by Gasteiger charge is -2.29. The number of benzene rings is 2. The molecule has 2 aromatic rings. The molecule has 2 nitrogen and oxygen atoms in total. The summed E-state index contributed by atoms with van der Waals surface area (Å²) in [6.45, 7) is 0. The molecule has 19 heavy (non-hydrogen) atoms. The van der Waals surface area contributed by atoms with Gasteiger partial charge in [-0.05, 0) is 29.2 Å². The van der Waals surface area contributed by atoms with Gasteiger partial charge in [-0.3, -0.25) is 5.41 Å². The number of hydrogen-bond donors (Lipinski definition) is 2. The van der Waals surface area contributed by atoms with Crippen molar-refractivity contribution in [2.75, 3.05) is 0 Å². The summed E-state index contributed by atoms with van der Waals surface area (Å²) < 4.78 is 0. The van der Waals surface area contributed by atoms with Gasteiger partial charge in [-0.2, -0.15) is 0 Å². The van der Waals surface area contributed by atoms with Crippen LogP contribution in [0.4, 0.5) is 0 Å². The Bertz CT molecular complexity index is 609. The molecule has 0 saturated heterocycles. The van der Waals surface area contributed by atoms with Crippen LogP contribution in [-0.2, 0) is 5.41 Å². The molecule has 0 aliphatic heterocycles. The van der Waals surface area contributed by atoms with Gasteiger partial charge in [-0.15, -0.1) is 0 Å². The molecule has 1 fully saturated rings. The average molecular weight is 252 g/mol. The van der Waals surface area contributed by atoms with Gasteiger partial charge in [0.05, 0.1) is 5.84 Å². The monoisotopic (exact) mass is 252 g/mol. The van der Waals surface area contributed by atoms with Gasteiger partial charge in [-0.1, -0.05) is 55.3 Å². The number of fused-ring (bicyclic) bond motifs is 1. The highest BCUT2D eigenvalue weighted by atomic mass is 14.7. The highest BCUT2D eigenvalue weighted by molar-refractivity contribution is 5.84. The molecule has 0 bridgehead atoms. The predicted octanol–water partition coefficient (Wildman–Crippen LogP) is 3.98. The first-order valence-corrected chi connectivity index (χ1v) is 7.02. The first-order chi connectivity index (χ1) is 9.20. The highest BCUT2D eigenvalue weighted by Gasteiger charge is 2.36. The van der Waals surface area contributed by atoms with Crippen molar-refractivity contribution in [3.8, 4) is 0 Å². The Morgan fingerprint density at radius 3 is 2.42 bits per heavy atom. The van der Waals surface area contributed by atoms with Crippen LogP contribution in [0.1, 0.15) is 37.7 Å². The van der Waals surface area contributed by atoms with Gasteiger partial charge in [0.15, 0.2) is 0 Å². The van der Waals surface area contributed by atoms with E-state index in [4.69, 9.17) is 11.1 Å². The molecule has 0 radical (unpaired) electrons. The molecular weight excluding hydrogens is 232 g/mol. The summed E-state index contributed by atoms with van der Waals surface area (Å²) in [4.78, 5) is 0. The molecule has 0 atom stereocenters. The summed E-state index contributed by atoms with van der Waals surface area (Å²) in [5, 5.41) is 10.2. The minimum Gasteiger partial charge on any atom is -0.388 e. The highest BCUT2D eigenvalue weighted by Crippen LogP contribution is 2.44. The van der Waals surface area contributed by atoms with Gasteiger partial charge in [0.2, 0.25) is 0 Å². The summed E-state index contributed by atoms with van der Waals surface area (Å²) in [5.74, 6) is 0.315. The van der Waals surface area contributed by atoms with Gasteiger partial charge in [-0.25, -0.2) is 0 Å². The fraction of sp³-hybridized carbons (Fsp3) is 0.353. The molecule has 2 aromatic carbocycles. The van der Waals surface area contributed by atoms with Crippen LogP contribution in [0, 0.1) is 5.41 Å². The first-order valence-electron chi connectivity index (χ1n) is 7.02. The third kappa shape index (κ3) is 2.23. The molecule has 1 aliphatic rings. The summed E-state index contributed by atoms with van der Waals surface area (Å²) in [5.41, 5.74) is 7.16. The Hall–Kier alpha value is -1.83. The quantitative estimate of drug-likeness (QED) is 0.630. The van der Waals surface area contributed by atoms with Crippen molar-refractivity contribution in [2.45, 2.75) is 37.5 Å². The molecule has 0 unspecified atom stereocenters. The number of rotatable bonds is 3. The largest absolute Gasteiger partial charge is 0.388 e. The second-order valence-corrected chi connectivity index (χ2v) is 5.75. The van der Waals surface area contributed by atoms with E-state index in [0.717, 1.165) is 12.8 Å². The van der Waals surface area contributed by atoms with Gasteiger partial charge in [0.1, 0.15) is 0 Å². The van der Waals surface area contributed by atoms with E-state index < -0.39 is 0 Å². The molecule has 0 amide bonds. The molecular formula is C17H20N2. The molecule has 1 aliphatic carbocycles. The van der Waals surface area contributed by atoms with Crippen LogP contribution in [-0.4, -0.2) is 5.84 Å². The van der Waals surface area contributed by atoms with E-state index in [1.54, 1.807) is 0 Å². The molecule has 3 N–H and O–H groups in total. The molecule has 3 rings (SSSR count). The van der Waals surface area contributed by atoms with Crippen molar-refractivity contribution in [1.82, 2.24) is 0 Å². The maximum absolute atomic E-state index is 7.67. The SMILES string of the molecule is N=C(N)CC1(c2ccc3ccccc3c2)CCCC1. The zero-order chi connectivity index (χ0) is 13.3. The molecule has 2 heteroatoms. The normalized spacial score (nSPS) is 17.7. The topological polar surface area (TPSA) is 49.9 Å². The standard InChI is InChI=1S/C17H20N2/c18-16(19)12-17(9-3-4-10-17)15-8-7-13-5-1-2-6-14(13)11-15/h1-2,5-8,11H,3-4,9-10,12H2,(H3,18,19). The molecule has 0 aromatic heterocycles. The van der Waals surface area contributed by atoms with Crippen LogP contribution < -0.4 is 5.73 Å². The summed E-state index contributed by atoms with van der Waals surface area (Å²) in [6, 6.07) is 15.2. The van der Waals surface area contributed by atoms with Crippen LogP contribution >= 0.6 is 0 Å². The predicted molar refractivity (Wildman–Crippen MR) is 80.6 cm³/mol. The number of amidine groups is 1. The second-order valence-electron chi connectivity index (χ2n) is 5.75. The lowest BCUT2D eigenvalue weighted by atomic mass is 9.75. The van der Waals surface area contributed by atoms with Crippen molar-refractivity contribution in [2.24, 2.45) is 5.73 Å². The third-order valence-electron chi connectivity index (χ3n) is 4.45. The Kier molecular flexibility index (Phi) is 3.02. The van der Waals surface area contributed by atoms with Gasteiger partial charge in [0.25, 0.3) is 0 Å². The summed E-state index contributed by atoms with van der Waals surface area (Å²) >= 11 is 0. The van der Waals surface area contributed by atoms with E-state index in [1.165, 1.54) is 29.2 Å². The van der Waals surface area contributed by atoms with E-state index in [9.17, 15) is 0 Å². The lowest BCUT2D eigenvalue weighted by molar-refractivity contribution is 0.457. The van der Waals surface area contributed by atoms with Crippen LogP contribution in [0.2, 0.25) is 0 Å². The van der Waals surface area contributed by atoms with Crippen LogP contribution in [0.25, 0.3) is 10.8 Å². The minimum absolute atomic E-state index is 0.107. The van der Waals surface area contributed by atoms with Crippen molar-refractivity contribution < 1.29 is 0 Å². The zero-order valence-corrected chi connectivity index (χ0v) is 11.2. The van der Waals surface area contributed by atoms with E-state index in [0.29, 0.717) is 12.3 Å². The van der Waals surface area contributed by atoms with Crippen molar-refractivity contribution in [3.63, 3.8) is 0 Å². The fourth-order valence-corrected chi connectivity index (χ4v) is 3.50. The van der Waals surface area contributed by atoms with Crippen LogP contribution in [0.15, 0.2) is 42.5 Å². The Morgan fingerprint density at radius 2 is 1.74 bits per heavy atom. The first kappa shape index (κ1) is 12.2. The van der Waals surface area contributed by atoms with E-state index >= 15 is 0 Å². The van der Waals surface area contributed by atoms with Gasteiger partial charge >= 0.3 is 0 Å². The van der Waals surface area contributed by atoms with Crippen LogP contribution in [0.5, 0.6) is 0 Å². The number of hydrogen-bond acceptors (Lipinski definition) is 1. The maximum atomic E-state index is 7.67. The molecule has 0 heterocycles. The molecule has 98 valence electrons. The Morgan fingerprint density at radius 1 is 1.05 bits per heavy atom. The third-order valence-corrected chi connectivity index (χ3v) is 4.45. The van der Waals surface area contributed by atoms with Crippen molar-refractivity contribution in [3.05, 3.63) is 48.0 Å². The smallest absolute Gasteiger partial charge is 0.0914 e. The summed E-state index contributed by atoms with van der Waals surface area (Å²) in [7, 11) is 0. The lowest BCUT2D eigenvalue weighted by Crippen LogP contribution is -2.29. The molecule has 0 spiro atoms. The Labute approximate surface area is 114 Å². The Balaban J connectivity index is 2.07. The van der Waals surface area contributed by atoms with Crippen LogP contribution in [0.3, 0.4) is 0 Å². The van der Waals surface area contributed by atoms with Gasteiger partial charge < -0.3 is 5.73 Å². The van der Waals surface area contributed by atoms with E-state index in [2.05, 4.69) is 42.5 Å².